The number of amides is 1. The number of nitro groups is 1. The Morgan fingerprint density at radius 2 is 2.00 bits per heavy atom. The van der Waals surface area contributed by atoms with E-state index in [4.69, 9.17) is 11.6 Å². The molecule has 0 saturated carbocycles. The molecule has 0 fully saturated rings. The van der Waals surface area contributed by atoms with Gasteiger partial charge >= 0.3 is 0 Å². The second kappa shape index (κ2) is 6.58. The number of halogens is 1. The van der Waals surface area contributed by atoms with Crippen LogP contribution in [0.15, 0.2) is 42.7 Å². The summed E-state index contributed by atoms with van der Waals surface area (Å²) in [7, 11) is 0. The first-order chi connectivity index (χ1) is 10.0. The van der Waals surface area contributed by atoms with Crippen molar-refractivity contribution < 1.29 is 9.72 Å². The van der Waals surface area contributed by atoms with E-state index in [1.165, 1.54) is 36.7 Å². The van der Waals surface area contributed by atoms with Crippen molar-refractivity contribution in [2.75, 3.05) is 5.32 Å². The van der Waals surface area contributed by atoms with Crippen LogP contribution in [0.5, 0.6) is 0 Å². The molecule has 2 rings (SSSR count). The van der Waals surface area contributed by atoms with Gasteiger partial charge < -0.3 is 5.32 Å². The molecule has 0 aliphatic heterocycles. The van der Waals surface area contributed by atoms with E-state index in [0.29, 0.717) is 5.56 Å². The van der Waals surface area contributed by atoms with E-state index < -0.39 is 10.8 Å². The van der Waals surface area contributed by atoms with E-state index in [1.54, 1.807) is 12.1 Å². The highest BCUT2D eigenvalue weighted by Gasteiger charge is 2.03. The Bertz CT molecular complexity index is 701. The fraction of sp³-hybridized carbons (Fsp3) is 0. The van der Waals surface area contributed by atoms with Crippen LogP contribution < -0.4 is 5.32 Å². The summed E-state index contributed by atoms with van der Waals surface area (Å²) in [4.78, 5) is 29.3. The summed E-state index contributed by atoms with van der Waals surface area (Å²) in [5.41, 5.74) is 0.652. The molecule has 0 radical (unpaired) electrons. The van der Waals surface area contributed by atoms with Crippen molar-refractivity contribution in [1.29, 1.82) is 0 Å². The lowest BCUT2D eigenvalue weighted by Gasteiger charge is -2.00. The highest BCUT2D eigenvalue weighted by molar-refractivity contribution is 6.29. The maximum absolute atomic E-state index is 11.7. The lowest BCUT2D eigenvalue weighted by molar-refractivity contribution is -0.384. The number of anilines is 1. The largest absolute Gasteiger partial charge is 0.306 e. The van der Waals surface area contributed by atoms with Crippen molar-refractivity contribution in [3.63, 3.8) is 0 Å². The van der Waals surface area contributed by atoms with Crippen LogP contribution in [0.2, 0.25) is 5.15 Å². The normalized spacial score (nSPS) is 10.5. The number of non-ortho nitro benzene ring substituents is 1. The van der Waals surface area contributed by atoms with Crippen molar-refractivity contribution in [2.45, 2.75) is 0 Å². The van der Waals surface area contributed by atoms with Gasteiger partial charge in [-0.2, -0.15) is 0 Å². The van der Waals surface area contributed by atoms with Crippen LogP contribution in [0.1, 0.15) is 5.56 Å². The average molecular weight is 305 g/mol. The number of hydrogen-bond donors (Lipinski definition) is 1. The summed E-state index contributed by atoms with van der Waals surface area (Å²) in [6.45, 7) is 0. The van der Waals surface area contributed by atoms with E-state index in [2.05, 4.69) is 15.3 Å². The summed E-state index contributed by atoms with van der Waals surface area (Å²) in [5.74, 6) is -0.175. The molecule has 21 heavy (non-hydrogen) atoms. The number of aromatic nitrogens is 2. The van der Waals surface area contributed by atoms with E-state index in [0.717, 1.165) is 0 Å². The van der Waals surface area contributed by atoms with E-state index >= 15 is 0 Å². The molecule has 1 aromatic carbocycles. The Hall–Kier alpha value is -2.80. The quantitative estimate of drug-likeness (QED) is 0.532. The zero-order valence-corrected chi connectivity index (χ0v) is 11.3. The van der Waals surface area contributed by atoms with E-state index in [-0.39, 0.29) is 16.7 Å². The average Bonchev–Trinajstić information content (AvgIpc) is 2.45. The summed E-state index contributed by atoms with van der Waals surface area (Å²) < 4.78 is 0. The topological polar surface area (TPSA) is 98.0 Å². The van der Waals surface area contributed by atoms with Gasteiger partial charge in [0.15, 0.2) is 5.82 Å². The highest BCUT2D eigenvalue weighted by Crippen LogP contribution is 2.13. The molecule has 0 aliphatic rings. The molecule has 1 amide bonds. The number of carbonyl (C=O) groups excluding carboxylic acids is 1. The molecule has 0 saturated heterocycles. The summed E-state index contributed by atoms with van der Waals surface area (Å²) >= 11 is 5.64. The SMILES string of the molecule is O=C(/C=C/c1ccc([N+](=O)[O-])cc1)Nc1cncc(Cl)n1. The van der Waals surface area contributed by atoms with Gasteiger partial charge in [-0.3, -0.25) is 19.9 Å². The predicted octanol–water partition coefficient (Wildman–Crippen LogP) is 2.69. The Balaban J connectivity index is 2.00. The molecule has 0 spiro atoms. The number of benzene rings is 1. The Morgan fingerprint density at radius 3 is 2.62 bits per heavy atom. The van der Waals surface area contributed by atoms with Crippen LogP contribution in [0.25, 0.3) is 6.08 Å². The molecular weight excluding hydrogens is 296 g/mol. The smallest absolute Gasteiger partial charge is 0.269 e. The maximum Gasteiger partial charge on any atom is 0.269 e. The molecule has 7 nitrogen and oxygen atoms in total. The minimum atomic E-state index is -0.488. The van der Waals surface area contributed by atoms with Crippen molar-refractivity contribution in [1.82, 2.24) is 9.97 Å². The number of nitro benzene ring substituents is 1. The van der Waals surface area contributed by atoms with Crippen molar-refractivity contribution in [3.8, 4) is 0 Å². The van der Waals surface area contributed by atoms with Crippen molar-refractivity contribution in [3.05, 3.63) is 63.6 Å². The lowest BCUT2D eigenvalue weighted by Crippen LogP contribution is -2.09. The fourth-order valence-electron chi connectivity index (χ4n) is 1.45. The molecule has 0 unspecified atom stereocenters. The van der Waals surface area contributed by atoms with Gasteiger partial charge in [0.05, 0.1) is 17.3 Å². The first-order valence-electron chi connectivity index (χ1n) is 5.75. The van der Waals surface area contributed by atoms with Crippen LogP contribution in [0, 0.1) is 10.1 Å². The maximum atomic E-state index is 11.7. The third kappa shape index (κ3) is 4.36. The molecule has 1 aromatic heterocycles. The lowest BCUT2D eigenvalue weighted by atomic mass is 10.2. The second-order valence-corrected chi connectivity index (χ2v) is 4.29. The van der Waals surface area contributed by atoms with Crippen molar-refractivity contribution >= 4 is 35.1 Å². The predicted molar refractivity (Wildman–Crippen MR) is 77.8 cm³/mol. The zero-order chi connectivity index (χ0) is 15.2. The van der Waals surface area contributed by atoms with Gasteiger partial charge in [-0.1, -0.05) is 11.6 Å². The summed E-state index contributed by atoms with van der Waals surface area (Å²) in [6, 6.07) is 5.81. The van der Waals surface area contributed by atoms with Gasteiger partial charge in [0.1, 0.15) is 5.15 Å². The molecular formula is C13H9ClN4O3. The van der Waals surface area contributed by atoms with Gasteiger partial charge in [0.25, 0.3) is 5.69 Å². The molecule has 2 aromatic rings. The molecule has 106 valence electrons. The van der Waals surface area contributed by atoms with E-state index in [1.807, 2.05) is 0 Å². The number of rotatable bonds is 4. The minimum Gasteiger partial charge on any atom is -0.306 e. The Labute approximate surface area is 124 Å². The van der Waals surface area contributed by atoms with Crippen LogP contribution in [-0.4, -0.2) is 20.8 Å². The first kappa shape index (κ1) is 14.6. The number of hydrogen-bond acceptors (Lipinski definition) is 5. The highest BCUT2D eigenvalue weighted by atomic mass is 35.5. The van der Waals surface area contributed by atoms with Gasteiger partial charge in [-0.25, -0.2) is 4.98 Å². The molecule has 0 bridgehead atoms. The van der Waals surface area contributed by atoms with Gasteiger partial charge in [0, 0.05) is 18.2 Å². The Morgan fingerprint density at radius 1 is 1.29 bits per heavy atom. The monoisotopic (exact) mass is 304 g/mol. The molecule has 0 atom stereocenters. The van der Waals surface area contributed by atoms with Crippen LogP contribution in [0.3, 0.4) is 0 Å². The molecule has 0 aliphatic carbocycles. The third-order valence-electron chi connectivity index (χ3n) is 2.39. The van der Waals surface area contributed by atoms with Crippen LogP contribution in [0.4, 0.5) is 11.5 Å². The summed E-state index contributed by atoms with van der Waals surface area (Å²) in [6.07, 6.45) is 5.52. The Kier molecular flexibility index (Phi) is 4.57. The van der Waals surface area contributed by atoms with E-state index in [9.17, 15) is 14.9 Å². The summed E-state index contributed by atoms with van der Waals surface area (Å²) in [5, 5.41) is 13.2. The molecule has 1 N–H and O–H groups in total. The molecule has 1 heterocycles. The van der Waals surface area contributed by atoms with Crippen molar-refractivity contribution in [2.24, 2.45) is 0 Å². The fourth-order valence-corrected chi connectivity index (χ4v) is 1.60. The standard InChI is InChI=1S/C13H9ClN4O3/c14-11-7-15-8-12(16-11)17-13(19)6-3-9-1-4-10(5-2-9)18(20)21/h1-8H,(H,16,17,19)/b6-3+. The third-order valence-corrected chi connectivity index (χ3v) is 2.57. The molecule has 8 heteroatoms. The van der Waals surface area contributed by atoms with Gasteiger partial charge in [0.2, 0.25) is 5.91 Å². The first-order valence-corrected chi connectivity index (χ1v) is 6.13. The second-order valence-electron chi connectivity index (χ2n) is 3.90. The van der Waals surface area contributed by atoms with Crippen LogP contribution in [-0.2, 0) is 4.79 Å². The number of nitrogens with zero attached hydrogens (tertiary/aromatic N) is 3. The number of carbonyl (C=O) groups is 1. The minimum absolute atomic E-state index is 0.00852. The number of nitrogens with one attached hydrogen (secondary N) is 1. The van der Waals surface area contributed by atoms with Crippen LogP contribution >= 0.6 is 11.6 Å². The van der Waals surface area contributed by atoms with Gasteiger partial charge in [-0.05, 0) is 23.8 Å². The van der Waals surface area contributed by atoms with Gasteiger partial charge in [-0.15, -0.1) is 0 Å². The zero-order valence-electron chi connectivity index (χ0n) is 10.6.